The average molecular weight is 345 g/mol. The molecule has 24 heavy (non-hydrogen) atoms. The quantitative estimate of drug-likeness (QED) is 0.471. The van der Waals surface area contributed by atoms with Crippen LogP contribution in [0.2, 0.25) is 0 Å². The summed E-state index contributed by atoms with van der Waals surface area (Å²) in [4.78, 5) is 0. The van der Waals surface area contributed by atoms with Crippen molar-refractivity contribution in [3.63, 3.8) is 0 Å². The molecule has 1 fully saturated rings. The minimum absolute atomic E-state index is 0. The zero-order chi connectivity index (χ0) is 18.1. The molecule has 1 rings (SSSR count). The molecule has 0 radical (unpaired) electrons. The van der Waals surface area contributed by atoms with E-state index in [9.17, 15) is 15.3 Å². The third kappa shape index (κ3) is 6.65. The SMILES string of the molecule is CCC(C)(CCCO)CC1(CCCO)CCCC(C)(CCCO)C1.[HH]. The highest BCUT2D eigenvalue weighted by atomic mass is 16.3. The summed E-state index contributed by atoms with van der Waals surface area (Å²) in [6.45, 7) is 7.95. The molecular formula is C21H44O3. The van der Waals surface area contributed by atoms with Crippen LogP contribution in [0.1, 0.15) is 99.2 Å². The molecular weight excluding hydrogens is 300 g/mol. The Morgan fingerprint density at radius 2 is 1.58 bits per heavy atom. The van der Waals surface area contributed by atoms with Crippen LogP contribution in [0.25, 0.3) is 0 Å². The second kappa shape index (κ2) is 10.1. The van der Waals surface area contributed by atoms with E-state index in [1.54, 1.807) is 0 Å². The van der Waals surface area contributed by atoms with Gasteiger partial charge in [0, 0.05) is 21.2 Å². The molecule has 0 aliphatic heterocycles. The van der Waals surface area contributed by atoms with E-state index >= 15 is 0 Å². The van der Waals surface area contributed by atoms with E-state index in [2.05, 4.69) is 20.8 Å². The summed E-state index contributed by atoms with van der Waals surface area (Å²) < 4.78 is 0. The van der Waals surface area contributed by atoms with Crippen LogP contribution in [0.15, 0.2) is 0 Å². The first kappa shape index (κ1) is 21.9. The van der Waals surface area contributed by atoms with Gasteiger partial charge in [-0.25, -0.2) is 0 Å². The van der Waals surface area contributed by atoms with E-state index in [-0.39, 0.29) is 20.1 Å². The van der Waals surface area contributed by atoms with Gasteiger partial charge < -0.3 is 15.3 Å². The average Bonchev–Trinajstić information content (AvgIpc) is 2.56. The largest absolute Gasteiger partial charge is 0.396 e. The number of hydrogen-bond acceptors (Lipinski definition) is 3. The van der Waals surface area contributed by atoms with Gasteiger partial charge >= 0.3 is 0 Å². The highest BCUT2D eigenvalue weighted by molar-refractivity contribution is 4.95. The summed E-state index contributed by atoms with van der Waals surface area (Å²) in [5.41, 5.74) is 0.945. The molecule has 0 heterocycles. The summed E-state index contributed by atoms with van der Waals surface area (Å²) in [7, 11) is 0. The van der Waals surface area contributed by atoms with Crippen molar-refractivity contribution in [1.82, 2.24) is 0 Å². The van der Waals surface area contributed by atoms with Crippen LogP contribution in [0.5, 0.6) is 0 Å². The molecule has 1 aliphatic rings. The maximum atomic E-state index is 9.41. The molecule has 0 aromatic heterocycles. The van der Waals surface area contributed by atoms with Gasteiger partial charge in [-0.15, -0.1) is 0 Å². The lowest BCUT2D eigenvalue weighted by molar-refractivity contribution is 0.00166. The first-order valence-corrected chi connectivity index (χ1v) is 10.2. The first-order chi connectivity index (χ1) is 11.4. The Balaban J connectivity index is 0.00000576. The van der Waals surface area contributed by atoms with Gasteiger partial charge in [0.05, 0.1) is 0 Å². The maximum absolute atomic E-state index is 9.41. The van der Waals surface area contributed by atoms with E-state index in [4.69, 9.17) is 0 Å². The molecule has 3 nitrogen and oxygen atoms in total. The zero-order valence-electron chi connectivity index (χ0n) is 16.4. The van der Waals surface area contributed by atoms with Gasteiger partial charge in [0.1, 0.15) is 0 Å². The Kier molecular flexibility index (Phi) is 9.25. The molecule has 0 spiro atoms. The summed E-state index contributed by atoms with van der Waals surface area (Å²) in [6.07, 6.45) is 13.4. The minimum atomic E-state index is 0. The number of rotatable bonds is 12. The van der Waals surface area contributed by atoms with Crippen molar-refractivity contribution in [1.29, 1.82) is 0 Å². The molecule has 3 unspecified atom stereocenters. The van der Waals surface area contributed by atoms with E-state index in [0.717, 1.165) is 44.9 Å². The van der Waals surface area contributed by atoms with Gasteiger partial charge in [-0.2, -0.15) is 0 Å². The fourth-order valence-electron chi connectivity index (χ4n) is 5.40. The summed E-state index contributed by atoms with van der Waals surface area (Å²) in [6, 6.07) is 0. The van der Waals surface area contributed by atoms with E-state index in [1.807, 2.05) is 0 Å². The van der Waals surface area contributed by atoms with Crippen molar-refractivity contribution in [2.45, 2.75) is 97.8 Å². The van der Waals surface area contributed by atoms with Crippen molar-refractivity contribution in [2.24, 2.45) is 16.2 Å². The Bertz CT molecular complexity index is 352. The first-order valence-electron chi connectivity index (χ1n) is 10.2. The van der Waals surface area contributed by atoms with Crippen LogP contribution in [-0.4, -0.2) is 35.1 Å². The summed E-state index contributed by atoms with van der Waals surface area (Å²) in [5.74, 6) is 0. The summed E-state index contributed by atoms with van der Waals surface area (Å²) in [5, 5.41) is 27.9. The molecule has 0 amide bonds. The van der Waals surface area contributed by atoms with E-state index in [0.29, 0.717) is 17.4 Å². The van der Waals surface area contributed by atoms with Crippen LogP contribution in [0.3, 0.4) is 0 Å². The molecule has 3 N–H and O–H groups in total. The van der Waals surface area contributed by atoms with Gasteiger partial charge in [-0.05, 0) is 80.5 Å². The van der Waals surface area contributed by atoms with Crippen LogP contribution in [-0.2, 0) is 0 Å². The number of aliphatic hydroxyl groups is 3. The maximum Gasteiger partial charge on any atom is 0.0431 e. The van der Waals surface area contributed by atoms with Crippen LogP contribution in [0, 0.1) is 16.2 Å². The molecule has 1 aliphatic carbocycles. The predicted molar refractivity (Wildman–Crippen MR) is 103 cm³/mol. The van der Waals surface area contributed by atoms with Crippen molar-refractivity contribution >= 4 is 0 Å². The molecule has 0 saturated heterocycles. The second-order valence-electron chi connectivity index (χ2n) is 9.16. The Morgan fingerprint density at radius 3 is 2.17 bits per heavy atom. The van der Waals surface area contributed by atoms with Crippen LogP contribution >= 0.6 is 0 Å². The van der Waals surface area contributed by atoms with Crippen molar-refractivity contribution in [2.75, 3.05) is 19.8 Å². The number of aliphatic hydroxyl groups excluding tert-OH is 3. The fourth-order valence-corrected chi connectivity index (χ4v) is 5.40. The Hall–Kier alpha value is -0.120. The predicted octanol–water partition coefficient (Wildman–Crippen LogP) is 4.92. The van der Waals surface area contributed by atoms with Gasteiger partial charge in [-0.3, -0.25) is 0 Å². The second-order valence-corrected chi connectivity index (χ2v) is 9.16. The highest BCUT2D eigenvalue weighted by Crippen LogP contribution is 2.56. The molecule has 3 atom stereocenters. The van der Waals surface area contributed by atoms with Gasteiger partial charge in [0.25, 0.3) is 0 Å². The van der Waals surface area contributed by atoms with Crippen LogP contribution in [0.4, 0.5) is 0 Å². The van der Waals surface area contributed by atoms with E-state index < -0.39 is 0 Å². The van der Waals surface area contributed by atoms with Crippen molar-refractivity contribution in [3.8, 4) is 0 Å². The third-order valence-electron chi connectivity index (χ3n) is 6.69. The summed E-state index contributed by atoms with van der Waals surface area (Å²) >= 11 is 0. The third-order valence-corrected chi connectivity index (χ3v) is 6.69. The molecule has 0 aromatic carbocycles. The van der Waals surface area contributed by atoms with Gasteiger partial charge in [0.2, 0.25) is 0 Å². The smallest absolute Gasteiger partial charge is 0.0431 e. The van der Waals surface area contributed by atoms with Gasteiger partial charge in [-0.1, -0.05) is 33.6 Å². The minimum Gasteiger partial charge on any atom is -0.396 e. The standard InChI is InChI=1S/C21H42O3.H2/c1-4-19(2,10-6-14-22)17-21(13-8-16-24)12-5-9-20(3,18-21)11-7-15-23;/h22-24H,4-18H2,1-3H3;1H. The van der Waals surface area contributed by atoms with Gasteiger partial charge in [0.15, 0.2) is 0 Å². The topological polar surface area (TPSA) is 60.7 Å². The van der Waals surface area contributed by atoms with E-state index in [1.165, 1.54) is 32.1 Å². The van der Waals surface area contributed by atoms with Crippen molar-refractivity contribution in [3.05, 3.63) is 0 Å². The molecule has 146 valence electrons. The monoisotopic (exact) mass is 344 g/mol. The Morgan fingerprint density at radius 1 is 0.958 bits per heavy atom. The Labute approximate surface area is 151 Å². The zero-order valence-corrected chi connectivity index (χ0v) is 16.4. The molecule has 1 saturated carbocycles. The molecule has 0 bridgehead atoms. The molecule has 0 aromatic rings. The van der Waals surface area contributed by atoms with Crippen molar-refractivity contribution < 1.29 is 16.7 Å². The lowest BCUT2D eigenvalue weighted by Crippen LogP contribution is -2.39. The molecule has 3 heteroatoms. The fraction of sp³-hybridized carbons (Fsp3) is 1.00. The normalized spacial score (nSPS) is 30.2. The number of hydrogen-bond donors (Lipinski definition) is 3. The highest BCUT2D eigenvalue weighted by Gasteiger charge is 2.44. The van der Waals surface area contributed by atoms with Crippen LogP contribution < -0.4 is 0 Å². The lowest BCUT2D eigenvalue weighted by atomic mass is 9.55. The lowest BCUT2D eigenvalue weighted by Gasteiger charge is -2.50.